The molecule has 1 saturated heterocycles. The Hall–Kier alpha value is -2.23. The second-order valence-electron chi connectivity index (χ2n) is 6.61. The van der Waals surface area contributed by atoms with Crippen LogP contribution in [0.4, 0.5) is 0 Å². The molecule has 1 aromatic rings. The number of amides is 1. The van der Waals surface area contributed by atoms with Crippen molar-refractivity contribution in [3.05, 3.63) is 28.3 Å². The van der Waals surface area contributed by atoms with Gasteiger partial charge in [0.25, 0.3) is 5.91 Å². The number of halogens is 1. The minimum absolute atomic E-state index is 0.00731. The lowest BCUT2D eigenvalue weighted by molar-refractivity contribution is -0.117. The van der Waals surface area contributed by atoms with E-state index in [1.54, 1.807) is 12.1 Å². The van der Waals surface area contributed by atoms with Crippen LogP contribution >= 0.6 is 11.6 Å². The van der Waals surface area contributed by atoms with Crippen molar-refractivity contribution in [1.29, 1.82) is 5.26 Å². The van der Waals surface area contributed by atoms with E-state index in [0.717, 1.165) is 19.3 Å². The summed E-state index contributed by atoms with van der Waals surface area (Å²) < 4.78 is 17.0. The van der Waals surface area contributed by atoms with Crippen molar-refractivity contribution in [1.82, 2.24) is 5.32 Å². The van der Waals surface area contributed by atoms with Crippen LogP contribution < -0.4 is 14.8 Å². The van der Waals surface area contributed by atoms with Gasteiger partial charge >= 0.3 is 0 Å². The first-order valence-corrected chi connectivity index (χ1v) is 10.0. The highest BCUT2D eigenvalue weighted by molar-refractivity contribution is 6.32. The van der Waals surface area contributed by atoms with E-state index in [2.05, 4.69) is 5.32 Å². The third-order valence-corrected chi connectivity index (χ3v) is 4.70. The Balaban J connectivity index is 2.21. The summed E-state index contributed by atoms with van der Waals surface area (Å²) in [5, 5.41) is 12.5. The summed E-state index contributed by atoms with van der Waals surface area (Å²) in [5.41, 5.74) is 0.584. The molecular formula is C21H27ClN2O4. The standard InChI is InChI=1S/C21H27ClN2O4/c1-4-14(3)28-20-18(22)10-15(11-19(20)26-5-2)9-16(12-23)21(25)24-13-17-7-6-8-27-17/h9-11,14,17H,4-8,13H2,1-3H3,(H,24,25)/b16-9+/t14-,17+/m0/s1. The van der Waals surface area contributed by atoms with Gasteiger partial charge in [-0.2, -0.15) is 5.26 Å². The first-order valence-electron chi connectivity index (χ1n) is 9.63. The summed E-state index contributed by atoms with van der Waals surface area (Å²) in [7, 11) is 0. The van der Waals surface area contributed by atoms with Crippen LogP contribution in [0.1, 0.15) is 45.6 Å². The van der Waals surface area contributed by atoms with Crippen LogP contribution in [0.25, 0.3) is 6.08 Å². The van der Waals surface area contributed by atoms with Crippen LogP contribution in [-0.4, -0.2) is 37.9 Å². The quantitative estimate of drug-likeness (QED) is 0.493. The fourth-order valence-corrected chi connectivity index (χ4v) is 3.02. The largest absolute Gasteiger partial charge is 0.490 e. The number of carbonyl (C=O) groups excluding carboxylic acids is 1. The van der Waals surface area contributed by atoms with Crippen molar-refractivity contribution >= 4 is 23.6 Å². The SMILES string of the molecule is CCOc1cc(/C=C(\C#N)C(=O)NC[C@H]2CCCO2)cc(Cl)c1O[C@@H](C)CC. The van der Waals surface area contributed by atoms with Gasteiger partial charge in [-0.3, -0.25) is 4.79 Å². The van der Waals surface area contributed by atoms with Gasteiger partial charge in [0.15, 0.2) is 11.5 Å². The lowest BCUT2D eigenvalue weighted by atomic mass is 10.1. The van der Waals surface area contributed by atoms with Crippen LogP contribution in [-0.2, 0) is 9.53 Å². The van der Waals surface area contributed by atoms with Gasteiger partial charge in [-0.1, -0.05) is 18.5 Å². The monoisotopic (exact) mass is 406 g/mol. The zero-order chi connectivity index (χ0) is 20.5. The summed E-state index contributed by atoms with van der Waals surface area (Å²) >= 11 is 6.39. The Kier molecular flexibility index (Phi) is 8.62. The molecule has 0 spiro atoms. The predicted octanol–water partition coefficient (Wildman–Crippen LogP) is 4.12. The molecule has 0 radical (unpaired) electrons. The first kappa shape index (κ1) is 22.1. The highest BCUT2D eigenvalue weighted by atomic mass is 35.5. The molecule has 0 aliphatic carbocycles. The topological polar surface area (TPSA) is 80.6 Å². The molecule has 0 aromatic heterocycles. The smallest absolute Gasteiger partial charge is 0.262 e. The molecule has 28 heavy (non-hydrogen) atoms. The number of rotatable bonds is 9. The molecule has 1 fully saturated rings. The Morgan fingerprint density at radius 3 is 2.89 bits per heavy atom. The van der Waals surface area contributed by atoms with Gasteiger partial charge < -0.3 is 19.5 Å². The Morgan fingerprint density at radius 2 is 2.29 bits per heavy atom. The molecule has 1 aliphatic heterocycles. The highest BCUT2D eigenvalue weighted by Gasteiger charge is 2.19. The van der Waals surface area contributed by atoms with E-state index in [1.807, 2.05) is 26.8 Å². The second-order valence-corrected chi connectivity index (χ2v) is 7.02. The van der Waals surface area contributed by atoms with Crippen molar-refractivity contribution in [2.75, 3.05) is 19.8 Å². The van der Waals surface area contributed by atoms with E-state index in [0.29, 0.717) is 41.8 Å². The molecule has 2 atom stereocenters. The Labute approximate surface area is 171 Å². The Bertz CT molecular complexity index is 752. The average molecular weight is 407 g/mol. The Morgan fingerprint density at radius 1 is 1.50 bits per heavy atom. The number of benzene rings is 1. The number of nitriles is 1. The second kappa shape index (κ2) is 10.9. The molecular weight excluding hydrogens is 380 g/mol. The van der Waals surface area contributed by atoms with Crippen LogP contribution in [0.2, 0.25) is 5.02 Å². The maximum absolute atomic E-state index is 12.3. The van der Waals surface area contributed by atoms with Gasteiger partial charge in [-0.25, -0.2) is 0 Å². The third kappa shape index (κ3) is 6.15. The minimum Gasteiger partial charge on any atom is -0.490 e. The molecule has 7 heteroatoms. The third-order valence-electron chi connectivity index (χ3n) is 4.42. The van der Waals surface area contributed by atoms with Crippen molar-refractivity contribution in [3.8, 4) is 17.6 Å². The van der Waals surface area contributed by atoms with Crippen molar-refractivity contribution < 1.29 is 19.0 Å². The summed E-state index contributed by atoms with van der Waals surface area (Å²) in [6, 6.07) is 5.32. The van der Waals surface area contributed by atoms with Crippen LogP contribution in [0.15, 0.2) is 17.7 Å². The lowest BCUT2D eigenvalue weighted by Gasteiger charge is -2.18. The molecule has 1 N–H and O–H groups in total. The van der Waals surface area contributed by atoms with E-state index in [1.165, 1.54) is 6.08 Å². The maximum Gasteiger partial charge on any atom is 0.262 e. The summed E-state index contributed by atoms with van der Waals surface area (Å²) in [5.74, 6) is 0.516. The number of nitrogens with zero attached hydrogens (tertiary/aromatic N) is 1. The van der Waals surface area contributed by atoms with Crippen molar-refractivity contribution in [2.45, 2.75) is 52.2 Å². The van der Waals surface area contributed by atoms with Crippen LogP contribution in [0.3, 0.4) is 0 Å². The fraction of sp³-hybridized carbons (Fsp3) is 0.524. The molecule has 6 nitrogen and oxygen atoms in total. The summed E-state index contributed by atoms with van der Waals surface area (Å²) in [6.07, 6.45) is 4.22. The predicted molar refractivity (Wildman–Crippen MR) is 109 cm³/mol. The zero-order valence-corrected chi connectivity index (χ0v) is 17.3. The van der Waals surface area contributed by atoms with E-state index in [-0.39, 0.29) is 17.8 Å². The number of hydrogen-bond acceptors (Lipinski definition) is 5. The normalized spacial score (nSPS) is 17.7. The number of ether oxygens (including phenoxy) is 3. The van der Waals surface area contributed by atoms with Gasteiger partial charge in [-0.15, -0.1) is 0 Å². The van der Waals surface area contributed by atoms with Gasteiger partial charge in [0.05, 0.1) is 23.8 Å². The molecule has 1 aromatic carbocycles. The molecule has 1 heterocycles. The summed E-state index contributed by atoms with van der Waals surface area (Å²) in [4.78, 5) is 12.3. The first-order chi connectivity index (χ1) is 13.5. The molecule has 0 unspecified atom stereocenters. The van der Waals surface area contributed by atoms with Crippen LogP contribution in [0.5, 0.6) is 11.5 Å². The van der Waals surface area contributed by atoms with Gasteiger partial charge in [0.1, 0.15) is 11.6 Å². The fourth-order valence-electron chi connectivity index (χ4n) is 2.76. The van der Waals surface area contributed by atoms with E-state index in [9.17, 15) is 10.1 Å². The minimum atomic E-state index is -0.438. The van der Waals surface area contributed by atoms with Crippen molar-refractivity contribution in [2.24, 2.45) is 0 Å². The average Bonchev–Trinajstić information content (AvgIpc) is 3.20. The van der Waals surface area contributed by atoms with Gasteiger partial charge in [-0.05, 0) is 56.9 Å². The molecule has 0 bridgehead atoms. The molecule has 152 valence electrons. The highest BCUT2D eigenvalue weighted by Crippen LogP contribution is 2.38. The van der Waals surface area contributed by atoms with Gasteiger partial charge in [0, 0.05) is 13.2 Å². The molecule has 0 saturated carbocycles. The van der Waals surface area contributed by atoms with E-state index >= 15 is 0 Å². The lowest BCUT2D eigenvalue weighted by Crippen LogP contribution is -2.32. The van der Waals surface area contributed by atoms with Crippen LogP contribution in [0, 0.1) is 11.3 Å². The molecule has 1 aliphatic rings. The zero-order valence-electron chi connectivity index (χ0n) is 16.6. The number of carbonyl (C=O) groups is 1. The molecule has 1 amide bonds. The van der Waals surface area contributed by atoms with E-state index in [4.69, 9.17) is 25.8 Å². The maximum atomic E-state index is 12.3. The number of hydrogen-bond donors (Lipinski definition) is 1. The van der Waals surface area contributed by atoms with Gasteiger partial charge in [0.2, 0.25) is 0 Å². The van der Waals surface area contributed by atoms with Crippen molar-refractivity contribution in [3.63, 3.8) is 0 Å². The number of nitrogens with one attached hydrogen (secondary N) is 1. The summed E-state index contributed by atoms with van der Waals surface area (Å²) in [6.45, 7) is 7.38. The van der Waals surface area contributed by atoms with E-state index < -0.39 is 5.91 Å². The molecule has 2 rings (SSSR count).